The fraction of sp³-hybridized carbons (Fsp3) is 0.379. The van der Waals surface area contributed by atoms with Crippen LogP contribution in [0.1, 0.15) is 56.5 Å². The highest BCUT2D eigenvalue weighted by atomic mass is 19.1. The van der Waals surface area contributed by atoms with Crippen molar-refractivity contribution in [3.8, 4) is 22.6 Å². The SMILES string of the molecule is C[C@H](CO)Cn1cnc(-c2cccc([C@@]34CC[C@@H](c5cc(-c6c(F)cccc6F)nnc53)C4(C)C)n2)c1. The molecule has 1 fully saturated rings. The summed E-state index contributed by atoms with van der Waals surface area (Å²) in [5, 5.41) is 18.3. The van der Waals surface area contributed by atoms with E-state index in [1.54, 1.807) is 6.33 Å². The molecule has 4 aromatic rings. The van der Waals surface area contributed by atoms with Crippen molar-refractivity contribution < 1.29 is 13.9 Å². The van der Waals surface area contributed by atoms with Gasteiger partial charge in [0.2, 0.25) is 0 Å². The Hall–Kier alpha value is -3.52. The maximum atomic E-state index is 14.5. The molecule has 8 heteroatoms. The summed E-state index contributed by atoms with van der Waals surface area (Å²) in [7, 11) is 0. The van der Waals surface area contributed by atoms with Crippen LogP contribution in [0, 0.1) is 23.0 Å². The van der Waals surface area contributed by atoms with E-state index < -0.39 is 17.0 Å². The van der Waals surface area contributed by atoms with Crippen LogP contribution in [0.5, 0.6) is 0 Å². The first-order valence-electron chi connectivity index (χ1n) is 12.7. The molecule has 2 aliphatic rings. The molecule has 0 radical (unpaired) electrons. The van der Waals surface area contributed by atoms with E-state index in [0.29, 0.717) is 6.54 Å². The summed E-state index contributed by atoms with van der Waals surface area (Å²) >= 11 is 0. The van der Waals surface area contributed by atoms with Crippen LogP contribution >= 0.6 is 0 Å². The topological polar surface area (TPSA) is 76.7 Å². The van der Waals surface area contributed by atoms with Gasteiger partial charge in [0.1, 0.15) is 17.3 Å². The zero-order valence-corrected chi connectivity index (χ0v) is 21.1. The summed E-state index contributed by atoms with van der Waals surface area (Å²) in [5.74, 6) is -0.980. The van der Waals surface area contributed by atoms with Crippen molar-refractivity contribution in [3.05, 3.63) is 83.6 Å². The molecule has 190 valence electrons. The van der Waals surface area contributed by atoms with Crippen LogP contribution < -0.4 is 0 Å². The predicted octanol–water partition coefficient (Wildman–Crippen LogP) is 5.51. The second kappa shape index (κ2) is 8.52. The van der Waals surface area contributed by atoms with Gasteiger partial charge in [-0.05, 0) is 66.0 Å². The third-order valence-corrected chi connectivity index (χ3v) is 8.52. The Morgan fingerprint density at radius 2 is 1.81 bits per heavy atom. The second-order valence-electron chi connectivity index (χ2n) is 11.0. The van der Waals surface area contributed by atoms with E-state index in [-0.39, 0.29) is 35.1 Å². The Balaban J connectivity index is 1.43. The first kappa shape index (κ1) is 23.9. The van der Waals surface area contributed by atoms with Crippen LogP contribution in [0.3, 0.4) is 0 Å². The Bertz CT molecular complexity index is 1480. The molecule has 0 aliphatic heterocycles. The molecule has 1 saturated carbocycles. The minimum atomic E-state index is -0.645. The van der Waals surface area contributed by atoms with Crippen LogP contribution in [0.25, 0.3) is 22.6 Å². The first-order chi connectivity index (χ1) is 17.8. The maximum absolute atomic E-state index is 14.5. The average molecular weight is 502 g/mol. The largest absolute Gasteiger partial charge is 0.396 e. The van der Waals surface area contributed by atoms with E-state index in [1.165, 1.54) is 18.2 Å². The normalized spacial score (nSPS) is 22.3. The number of hydrogen-bond donors (Lipinski definition) is 1. The summed E-state index contributed by atoms with van der Waals surface area (Å²) in [5.41, 5.74) is 3.70. The van der Waals surface area contributed by atoms with E-state index in [9.17, 15) is 13.9 Å². The molecule has 3 aromatic heterocycles. The van der Waals surface area contributed by atoms with Crippen molar-refractivity contribution >= 4 is 0 Å². The minimum absolute atomic E-state index is 0.117. The third-order valence-electron chi connectivity index (χ3n) is 8.52. The molecule has 3 heterocycles. The molecule has 1 N–H and O–H groups in total. The van der Waals surface area contributed by atoms with Gasteiger partial charge in [0.25, 0.3) is 0 Å². The number of pyridine rings is 1. The third kappa shape index (κ3) is 3.45. The lowest BCUT2D eigenvalue weighted by Gasteiger charge is -2.37. The molecule has 1 aromatic carbocycles. The van der Waals surface area contributed by atoms with E-state index in [0.717, 1.165) is 41.2 Å². The lowest BCUT2D eigenvalue weighted by atomic mass is 9.66. The number of aromatic nitrogens is 5. The van der Waals surface area contributed by atoms with E-state index in [2.05, 4.69) is 29.0 Å². The van der Waals surface area contributed by atoms with E-state index in [4.69, 9.17) is 4.98 Å². The molecular weight excluding hydrogens is 472 g/mol. The Morgan fingerprint density at radius 3 is 2.57 bits per heavy atom. The Kier molecular flexibility index (Phi) is 5.49. The molecule has 6 nitrogen and oxygen atoms in total. The number of hydrogen-bond acceptors (Lipinski definition) is 5. The molecular formula is C29H29F2N5O. The molecule has 2 aliphatic carbocycles. The molecule has 0 saturated heterocycles. The van der Waals surface area contributed by atoms with Crippen LogP contribution in [0.15, 0.2) is 55.0 Å². The number of benzene rings is 1. The van der Waals surface area contributed by atoms with Gasteiger partial charge >= 0.3 is 0 Å². The molecule has 37 heavy (non-hydrogen) atoms. The number of nitrogens with zero attached hydrogens (tertiary/aromatic N) is 5. The van der Waals surface area contributed by atoms with Crippen molar-refractivity contribution in [2.45, 2.75) is 51.5 Å². The van der Waals surface area contributed by atoms with Gasteiger partial charge in [-0.1, -0.05) is 32.9 Å². The lowest BCUT2D eigenvalue weighted by molar-refractivity contribution is 0.223. The van der Waals surface area contributed by atoms with Crippen molar-refractivity contribution in [1.82, 2.24) is 24.7 Å². The number of halogens is 2. The van der Waals surface area contributed by atoms with Crippen LogP contribution in [0.2, 0.25) is 0 Å². The van der Waals surface area contributed by atoms with Gasteiger partial charge in [-0.2, -0.15) is 5.10 Å². The zero-order chi connectivity index (χ0) is 25.9. The molecule has 2 bridgehead atoms. The van der Waals surface area contributed by atoms with Crippen LogP contribution in [-0.2, 0) is 12.0 Å². The van der Waals surface area contributed by atoms with Crippen LogP contribution in [0.4, 0.5) is 8.78 Å². The highest BCUT2D eigenvalue weighted by Crippen LogP contribution is 2.69. The number of rotatable bonds is 6. The first-order valence-corrected chi connectivity index (χ1v) is 12.7. The summed E-state index contributed by atoms with van der Waals surface area (Å²) in [6.45, 7) is 7.24. The van der Waals surface area contributed by atoms with Crippen molar-refractivity contribution in [1.29, 1.82) is 0 Å². The van der Waals surface area contributed by atoms with Crippen molar-refractivity contribution in [2.75, 3.05) is 6.61 Å². The van der Waals surface area contributed by atoms with Crippen molar-refractivity contribution in [2.24, 2.45) is 11.3 Å². The van der Waals surface area contributed by atoms with Gasteiger partial charge in [0, 0.05) is 19.3 Å². The number of fused-ring (bicyclic) bond motifs is 5. The number of aliphatic hydroxyl groups is 1. The van der Waals surface area contributed by atoms with Gasteiger partial charge in [0.15, 0.2) is 0 Å². The van der Waals surface area contributed by atoms with Gasteiger partial charge in [-0.3, -0.25) is 4.98 Å². The standard InChI is InChI=1S/C29H29F2N5O/c1-17(15-37)13-36-14-24(32-16-36)22-8-5-9-25(33-22)29-11-10-19(28(29,2)3)18-12-23(34-35-27(18)29)26-20(30)6-4-7-21(26)31/h4-9,12,14,16-17,19,37H,10-11,13,15H2,1-3H3/t17-,19-,29-/m0/s1. The van der Waals surface area contributed by atoms with Crippen LogP contribution in [-0.4, -0.2) is 36.4 Å². The zero-order valence-electron chi connectivity index (χ0n) is 21.1. The van der Waals surface area contributed by atoms with Crippen molar-refractivity contribution in [3.63, 3.8) is 0 Å². The summed E-state index contributed by atoms with van der Waals surface area (Å²) in [4.78, 5) is 9.66. The highest BCUT2D eigenvalue weighted by molar-refractivity contribution is 5.64. The Morgan fingerprint density at radius 1 is 1.05 bits per heavy atom. The summed E-state index contributed by atoms with van der Waals surface area (Å²) in [6.07, 6.45) is 5.53. The number of aliphatic hydroxyl groups excluding tert-OH is 1. The minimum Gasteiger partial charge on any atom is -0.396 e. The summed E-state index contributed by atoms with van der Waals surface area (Å²) < 4.78 is 31.0. The van der Waals surface area contributed by atoms with E-state index >= 15 is 0 Å². The fourth-order valence-corrected chi connectivity index (χ4v) is 6.58. The van der Waals surface area contributed by atoms with Gasteiger partial charge < -0.3 is 9.67 Å². The predicted molar refractivity (Wildman–Crippen MR) is 136 cm³/mol. The Labute approximate surface area is 214 Å². The number of imidazole rings is 1. The van der Waals surface area contributed by atoms with Gasteiger partial charge in [0.05, 0.1) is 40.1 Å². The lowest BCUT2D eigenvalue weighted by Crippen LogP contribution is -2.37. The molecule has 0 unspecified atom stereocenters. The van der Waals surface area contributed by atoms with E-state index in [1.807, 2.05) is 42.0 Å². The monoisotopic (exact) mass is 501 g/mol. The molecule has 0 spiro atoms. The van der Waals surface area contributed by atoms with Gasteiger partial charge in [-0.25, -0.2) is 13.8 Å². The molecule has 6 rings (SSSR count). The highest BCUT2D eigenvalue weighted by Gasteiger charge is 2.65. The average Bonchev–Trinajstić information content (AvgIpc) is 3.51. The smallest absolute Gasteiger partial charge is 0.135 e. The molecule has 3 atom stereocenters. The quantitative estimate of drug-likeness (QED) is 0.377. The van der Waals surface area contributed by atoms with Gasteiger partial charge in [-0.15, -0.1) is 5.10 Å². The fourth-order valence-electron chi connectivity index (χ4n) is 6.58. The molecule has 0 amide bonds. The second-order valence-corrected chi connectivity index (χ2v) is 11.0. The summed E-state index contributed by atoms with van der Waals surface area (Å²) in [6, 6.07) is 11.7. The maximum Gasteiger partial charge on any atom is 0.135 e.